The second kappa shape index (κ2) is 9.26. The van der Waals surface area contributed by atoms with E-state index in [-0.39, 0.29) is 5.13 Å². The Morgan fingerprint density at radius 3 is 2.71 bits per heavy atom. The molecular formula is C25H19F2N3O3S. The number of aromatic nitrogens is 2. The van der Waals surface area contributed by atoms with E-state index in [9.17, 15) is 18.4 Å². The van der Waals surface area contributed by atoms with E-state index < -0.39 is 30.1 Å². The van der Waals surface area contributed by atoms with Crippen LogP contribution in [0.3, 0.4) is 0 Å². The van der Waals surface area contributed by atoms with Gasteiger partial charge in [-0.15, -0.1) is 11.3 Å². The van der Waals surface area contributed by atoms with Gasteiger partial charge in [0.25, 0.3) is 5.91 Å². The predicted octanol–water partition coefficient (Wildman–Crippen LogP) is 5.31. The number of carbonyl (C=O) groups is 2. The molecule has 0 saturated heterocycles. The van der Waals surface area contributed by atoms with E-state index >= 15 is 0 Å². The largest absolute Gasteiger partial charge is 0.452 e. The van der Waals surface area contributed by atoms with E-state index in [1.165, 1.54) is 6.07 Å². The average Bonchev–Trinajstić information content (AvgIpc) is 3.31. The number of anilines is 1. The van der Waals surface area contributed by atoms with Gasteiger partial charge in [-0.05, 0) is 55.5 Å². The molecule has 0 atom stereocenters. The van der Waals surface area contributed by atoms with Crippen molar-refractivity contribution in [1.29, 1.82) is 0 Å². The van der Waals surface area contributed by atoms with E-state index in [2.05, 4.69) is 10.3 Å². The molecule has 0 radical (unpaired) electrons. The van der Waals surface area contributed by atoms with E-state index in [4.69, 9.17) is 9.72 Å². The lowest BCUT2D eigenvalue weighted by molar-refractivity contribution is -0.119. The zero-order chi connectivity index (χ0) is 23.7. The van der Waals surface area contributed by atoms with Gasteiger partial charge in [-0.25, -0.2) is 18.6 Å². The van der Waals surface area contributed by atoms with Crippen LogP contribution in [0.1, 0.15) is 34.5 Å². The summed E-state index contributed by atoms with van der Waals surface area (Å²) in [6, 6.07) is 10.9. The average molecular weight is 480 g/mol. The van der Waals surface area contributed by atoms with E-state index in [0.717, 1.165) is 65.9 Å². The second-order valence-electron chi connectivity index (χ2n) is 7.93. The number of amides is 1. The number of fused-ring (bicyclic) bond motifs is 2. The lowest BCUT2D eigenvalue weighted by Gasteiger charge is -2.19. The minimum Gasteiger partial charge on any atom is -0.452 e. The Kier molecular flexibility index (Phi) is 6.02. The lowest BCUT2D eigenvalue weighted by atomic mass is 9.90. The number of ether oxygens (including phenoxy) is 1. The third-order valence-corrected chi connectivity index (χ3v) is 6.43. The van der Waals surface area contributed by atoms with Gasteiger partial charge in [0, 0.05) is 22.0 Å². The van der Waals surface area contributed by atoms with E-state index in [1.807, 2.05) is 24.3 Å². The SMILES string of the molecule is O=C(COC(=O)c1c2c(nc3ccccc13)CCCC2)Nc1nc(-c2ccc(F)c(F)c2)cs1. The molecule has 0 unspecified atom stereocenters. The maximum atomic E-state index is 13.5. The monoisotopic (exact) mass is 479 g/mol. The number of thiazole rings is 1. The van der Waals surface area contributed by atoms with Crippen LogP contribution in [0.2, 0.25) is 0 Å². The summed E-state index contributed by atoms with van der Waals surface area (Å²) in [7, 11) is 0. The number of rotatable bonds is 5. The molecule has 4 aromatic rings. The molecule has 1 N–H and O–H groups in total. The highest BCUT2D eigenvalue weighted by molar-refractivity contribution is 7.14. The summed E-state index contributed by atoms with van der Waals surface area (Å²) >= 11 is 1.13. The molecule has 1 aliphatic carbocycles. The Bertz CT molecular complexity index is 1420. The molecule has 0 bridgehead atoms. The number of esters is 1. The summed E-state index contributed by atoms with van der Waals surface area (Å²) in [5.41, 5.74) is 3.79. The fourth-order valence-corrected chi connectivity index (χ4v) is 4.82. The fourth-order valence-electron chi connectivity index (χ4n) is 4.08. The van der Waals surface area contributed by atoms with E-state index in [0.29, 0.717) is 22.2 Å². The molecule has 0 saturated carbocycles. The number of para-hydroxylation sites is 1. The maximum Gasteiger partial charge on any atom is 0.339 e. The number of pyridine rings is 1. The fraction of sp³-hybridized carbons (Fsp3) is 0.200. The number of hydrogen-bond donors (Lipinski definition) is 1. The van der Waals surface area contributed by atoms with Gasteiger partial charge < -0.3 is 4.74 Å². The molecule has 2 aromatic heterocycles. The van der Waals surface area contributed by atoms with Gasteiger partial charge in [-0.3, -0.25) is 15.1 Å². The number of benzene rings is 2. The molecule has 0 spiro atoms. The first-order valence-electron chi connectivity index (χ1n) is 10.8. The number of nitrogens with zero attached hydrogens (tertiary/aromatic N) is 2. The Labute approximate surface area is 197 Å². The molecule has 5 rings (SSSR count). The van der Waals surface area contributed by atoms with Crippen molar-refractivity contribution in [2.75, 3.05) is 11.9 Å². The van der Waals surface area contributed by atoms with Crippen LogP contribution < -0.4 is 5.32 Å². The molecule has 172 valence electrons. The van der Waals surface area contributed by atoms with Gasteiger partial charge in [0.1, 0.15) is 0 Å². The smallest absolute Gasteiger partial charge is 0.339 e. The van der Waals surface area contributed by atoms with Crippen molar-refractivity contribution in [3.8, 4) is 11.3 Å². The number of halogens is 2. The number of hydrogen-bond acceptors (Lipinski definition) is 6. The van der Waals surface area contributed by atoms with E-state index in [1.54, 1.807) is 5.38 Å². The van der Waals surface area contributed by atoms with Crippen molar-refractivity contribution >= 4 is 39.2 Å². The third-order valence-electron chi connectivity index (χ3n) is 5.67. The first-order valence-corrected chi connectivity index (χ1v) is 11.7. The summed E-state index contributed by atoms with van der Waals surface area (Å²) in [5, 5.41) is 5.16. The van der Waals surface area contributed by atoms with Gasteiger partial charge in [0.2, 0.25) is 0 Å². The molecular weight excluding hydrogens is 460 g/mol. The molecule has 9 heteroatoms. The molecule has 2 heterocycles. The van der Waals surface area contributed by atoms with Crippen LogP contribution in [0.5, 0.6) is 0 Å². The molecule has 6 nitrogen and oxygen atoms in total. The van der Waals surface area contributed by atoms with Crippen LogP contribution in [0.25, 0.3) is 22.2 Å². The Hall–Kier alpha value is -3.72. The normalized spacial score (nSPS) is 12.9. The van der Waals surface area contributed by atoms with Crippen molar-refractivity contribution in [3.63, 3.8) is 0 Å². The van der Waals surface area contributed by atoms with Crippen molar-refractivity contribution in [2.24, 2.45) is 0 Å². The van der Waals surface area contributed by atoms with Gasteiger partial charge in [0.15, 0.2) is 23.4 Å². The minimum atomic E-state index is -0.978. The summed E-state index contributed by atoms with van der Waals surface area (Å²) < 4.78 is 32.0. The highest BCUT2D eigenvalue weighted by Gasteiger charge is 2.24. The molecule has 1 amide bonds. The quantitative estimate of drug-likeness (QED) is 0.393. The highest BCUT2D eigenvalue weighted by Crippen LogP contribution is 2.30. The zero-order valence-electron chi connectivity index (χ0n) is 17.9. The van der Waals surface area contributed by atoms with Crippen LogP contribution in [0.15, 0.2) is 47.8 Å². The second-order valence-corrected chi connectivity index (χ2v) is 8.79. The first-order chi connectivity index (χ1) is 16.5. The lowest BCUT2D eigenvalue weighted by Crippen LogP contribution is -2.22. The van der Waals surface area contributed by atoms with Crippen molar-refractivity contribution in [2.45, 2.75) is 25.7 Å². The summed E-state index contributed by atoms with van der Waals surface area (Å²) in [6.45, 7) is -0.482. The Morgan fingerprint density at radius 1 is 1.03 bits per heavy atom. The van der Waals surface area contributed by atoms with Crippen LogP contribution in [0.4, 0.5) is 13.9 Å². The first kappa shape index (κ1) is 22.1. The van der Waals surface area contributed by atoms with Crippen molar-refractivity contribution in [3.05, 3.63) is 76.3 Å². The summed E-state index contributed by atoms with van der Waals surface area (Å²) in [4.78, 5) is 34.4. The predicted molar refractivity (Wildman–Crippen MR) is 125 cm³/mol. The molecule has 34 heavy (non-hydrogen) atoms. The van der Waals surface area contributed by atoms with Crippen LogP contribution in [-0.4, -0.2) is 28.5 Å². The van der Waals surface area contributed by atoms with Gasteiger partial charge >= 0.3 is 5.97 Å². The summed E-state index contributed by atoms with van der Waals surface area (Å²) in [6.07, 6.45) is 3.55. The molecule has 2 aromatic carbocycles. The molecule has 0 fully saturated rings. The zero-order valence-corrected chi connectivity index (χ0v) is 18.8. The third kappa shape index (κ3) is 4.38. The van der Waals surface area contributed by atoms with Crippen LogP contribution in [0, 0.1) is 11.6 Å². The van der Waals surface area contributed by atoms with Crippen molar-refractivity contribution in [1.82, 2.24) is 9.97 Å². The maximum absolute atomic E-state index is 13.5. The van der Waals surface area contributed by atoms with Crippen molar-refractivity contribution < 1.29 is 23.1 Å². The van der Waals surface area contributed by atoms with Gasteiger partial charge in [-0.2, -0.15) is 0 Å². The highest BCUT2D eigenvalue weighted by atomic mass is 32.1. The van der Waals surface area contributed by atoms with Crippen LogP contribution >= 0.6 is 11.3 Å². The number of carbonyl (C=O) groups excluding carboxylic acids is 2. The topological polar surface area (TPSA) is 81.2 Å². The van der Waals surface area contributed by atoms with Crippen LogP contribution in [-0.2, 0) is 22.4 Å². The Morgan fingerprint density at radius 2 is 1.85 bits per heavy atom. The standard InChI is InChI=1S/C25H19F2N3O3S/c26-17-10-9-14(11-18(17)27)21-13-34-25(29-21)30-22(31)12-33-24(32)23-15-5-1-3-7-19(15)28-20-8-4-2-6-16(20)23/h1,3,5,7,9-11,13H,2,4,6,8,12H2,(H,29,30,31). The summed E-state index contributed by atoms with van der Waals surface area (Å²) in [5.74, 6) is -3.04. The van der Waals surface area contributed by atoms with Gasteiger partial charge in [-0.1, -0.05) is 18.2 Å². The minimum absolute atomic E-state index is 0.257. The molecule has 0 aliphatic heterocycles. The molecule has 1 aliphatic rings. The number of aryl methyl sites for hydroxylation is 1. The van der Waals surface area contributed by atoms with Gasteiger partial charge in [0.05, 0.1) is 16.8 Å². The Balaban J connectivity index is 1.29. The number of nitrogens with one attached hydrogen (secondary N) is 1.